The lowest BCUT2D eigenvalue weighted by Crippen LogP contribution is -1.93. The molecule has 1 aromatic heterocycles. The average molecular weight is 210 g/mol. The maximum atomic E-state index is 5.53. The highest BCUT2D eigenvalue weighted by molar-refractivity contribution is 7.98. The topological polar surface area (TPSA) is 38.9 Å². The Morgan fingerprint density at radius 2 is 2.38 bits per heavy atom. The number of rotatable bonds is 2. The van der Waals surface area contributed by atoms with Gasteiger partial charge in [0.2, 0.25) is 0 Å². The molecule has 0 unspecified atom stereocenters. The third-order valence-electron chi connectivity index (χ3n) is 1.81. The SMILES string of the molecule is CSc1ccc2nc(CN)sc2c1. The lowest BCUT2D eigenvalue weighted by atomic mass is 10.3. The van der Waals surface area contributed by atoms with Gasteiger partial charge in [-0.05, 0) is 24.5 Å². The Labute approximate surface area is 85.2 Å². The van der Waals surface area contributed by atoms with Crippen molar-refractivity contribution in [3.05, 3.63) is 23.2 Å². The Kier molecular flexibility index (Phi) is 2.53. The van der Waals surface area contributed by atoms with E-state index in [9.17, 15) is 0 Å². The van der Waals surface area contributed by atoms with Crippen molar-refractivity contribution < 1.29 is 0 Å². The van der Waals surface area contributed by atoms with E-state index in [4.69, 9.17) is 5.73 Å². The van der Waals surface area contributed by atoms with Crippen LogP contribution in [0.15, 0.2) is 23.1 Å². The van der Waals surface area contributed by atoms with Crippen molar-refractivity contribution in [2.24, 2.45) is 5.73 Å². The fourth-order valence-corrected chi connectivity index (χ4v) is 2.57. The smallest absolute Gasteiger partial charge is 0.107 e. The maximum Gasteiger partial charge on any atom is 0.107 e. The van der Waals surface area contributed by atoms with Gasteiger partial charge in [-0.15, -0.1) is 23.1 Å². The molecular formula is C9H10N2S2. The largest absolute Gasteiger partial charge is 0.325 e. The van der Waals surface area contributed by atoms with Gasteiger partial charge < -0.3 is 5.73 Å². The van der Waals surface area contributed by atoms with E-state index in [1.807, 2.05) is 0 Å². The number of thioether (sulfide) groups is 1. The number of thiazole rings is 1. The first-order chi connectivity index (χ1) is 6.33. The average Bonchev–Trinajstić information content (AvgIpc) is 2.58. The molecule has 0 spiro atoms. The molecule has 2 nitrogen and oxygen atoms in total. The minimum atomic E-state index is 0.536. The van der Waals surface area contributed by atoms with E-state index in [1.54, 1.807) is 23.1 Å². The highest BCUT2D eigenvalue weighted by atomic mass is 32.2. The molecule has 0 aliphatic heterocycles. The fraction of sp³-hybridized carbons (Fsp3) is 0.222. The summed E-state index contributed by atoms with van der Waals surface area (Å²) in [6, 6.07) is 6.31. The summed E-state index contributed by atoms with van der Waals surface area (Å²) in [5.41, 5.74) is 6.59. The molecule has 1 aromatic carbocycles. The molecule has 68 valence electrons. The Morgan fingerprint density at radius 3 is 3.08 bits per heavy atom. The first kappa shape index (κ1) is 8.99. The minimum absolute atomic E-state index is 0.536. The number of hydrogen-bond acceptors (Lipinski definition) is 4. The molecule has 0 amide bonds. The summed E-state index contributed by atoms with van der Waals surface area (Å²) in [5, 5.41) is 1.01. The van der Waals surface area contributed by atoms with Crippen LogP contribution < -0.4 is 5.73 Å². The quantitative estimate of drug-likeness (QED) is 0.774. The summed E-state index contributed by atoms with van der Waals surface area (Å²) in [5.74, 6) is 0. The Hall–Kier alpha value is -0.580. The van der Waals surface area contributed by atoms with Gasteiger partial charge in [0.15, 0.2) is 0 Å². The summed E-state index contributed by atoms with van der Waals surface area (Å²) in [7, 11) is 0. The normalized spacial score (nSPS) is 10.9. The van der Waals surface area contributed by atoms with Crippen LogP contribution in [0.4, 0.5) is 0 Å². The van der Waals surface area contributed by atoms with Crippen LogP contribution in [0, 0.1) is 0 Å². The first-order valence-electron chi connectivity index (χ1n) is 3.97. The van der Waals surface area contributed by atoms with E-state index in [1.165, 1.54) is 9.60 Å². The number of fused-ring (bicyclic) bond motifs is 1. The van der Waals surface area contributed by atoms with Gasteiger partial charge in [-0.1, -0.05) is 0 Å². The highest BCUT2D eigenvalue weighted by Crippen LogP contribution is 2.26. The van der Waals surface area contributed by atoms with Gasteiger partial charge in [0.05, 0.1) is 10.2 Å². The van der Waals surface area contributed by atoms with Gasteiger partial charge in [0.25, 0.3) is 0 Å². The van der Waals surface area contributed by atoms with Crippen LogP contribution in [-0.4, -0.2) is 11.2 Å². The second kappa shape index (κ2) is 3.65. The lowest BCUT2D eigenvalue weighted by Gasteiger charge is -1.93. The summed E-state index contributed by atoms with van der Waals surface area (Å²) in [6.07, 6.45) is 2.08. The molecule has 0 saturated heterocycles. The summed E-state index contributed by atoms with van der Waals surface area (Å²) in [4.78, 5) is 5.67. The minimum Gasteiger partial charge on any atom is -0.325 e. The zero-order valence-electron chi connectivity index (χ0n) is 7.28. The molecule has 0 fully saturated rings. The molecule has 2 aromatic rings. The van der Waals surface area contributed by atoms with Gasteiger partial charge in [-0.2, -0.15) is 0 Å². The maximum absolute atomic E-state index is 5.53. The number of hydrogen-bond donors (Lipinski definition) is 1. The van der Waals surface area contributed by atoms with Crippen LogP contribution in [0.3, 0.4) is 0 Å². The molecule has 0 saturated carbocycles. The predicted octanol–water partition coefficient (Wildman–Crippen LogP) is 2.48. The molecule has 0 aliphatic carbocycles. The van der Waals surface area contributed by atoms with E-state index < -0.39 is 0 Å². The van der Waals surface area contributed by atoms with E-state index in [2.05, 4.69) is 29.4 Å². The standard InChI is InChI=1S/C9H10N2S2/c1-12-6-2-3-7-8(4-6)13-9(5-10)11-7/h2-4H,5,10H2,1H3. The Bertz CT molecular complexity index is 420. The molecular weight excluding hydrogens is 200 g/mol. The zero-order valence-corrected chi connectivity index (χ0v) is 8.91. The second-order valence-corrected chi connectivity index (χ2v) is 4.64. The van der Waals surface area contributed by atoms with Gasteiger partial charge in [-0.3, -0.25) is 0 Å². The summed E-state index contributed by atoms with van der Waals surface area (Å²) < 4.78 is 1.23. The monoisotopic (exact) mass is 210 g/mol. The predicted molar refractivity (Wildman–Crippen MR) is 59.3 cm³/mol. The van der Waals surface area contributed by atoms with Crippen LogP contribution in [0.5, 0.6) is 0 Å². The van der Waals surface area contributed by atoms with Crippen LogP contribution in [0.25, 0.3) is 10.2 Å². The van der Waals surface area contributed by atoms with Crippen molar-refractivity contribution in [1.82, 2.24) is 4.98 Å². The van der Waals surface area contributed by atoms with E-state index >= 15 is 0 Å². The first-order valence-corrected chi connectivity index (χ1v) is 6.01. The molecule has 2 N–H and O–H groups in total. The zero-order chi connectivity index (χ0) is 9.26. The Morgan fingerprint density at radius 1 is 1.54 bits per heavy atom. The molecule has 2 rings (SSSR count). The molecule has 0 radical (unpaired) electrons. The molecule has 0 aliphatic rings. The van der Waals surface area contributed by atoms with Gasteiger partial charge in [0, 0.05) is 11.4 Å². The van der Waals surface area contributed by atoms with Crippen molar-refractivity contribution in [2.75, 3.05) is 6.26 Å². The number of benzene rings is 1. The van der Waals surface area contributed by atoms with Crippen molar-refractivity contribution in [3.63, 3.8) is 0 Å². The molecule has 13 heavy (non-hydrogen) atoms. The van der Waals surface area contributed by atoms with E-state index in [0.29, 0.717) is 6.54 Å². The lowest BCUT2D eigenvalue weighted by molar-refractivity contribution is 1.05. The van der Waals surface area contributed by atoms with E-state index in [-0.39, 0.29) is 0 Å². The number of nitrogens with zero attached hydrogens (tertiary/aromatic N) is 1. The van der Waals surface area contributed by atoms with Crippen molar-refractivity contribution in [3.8, 4) is 0 Å². The van der Waals surface area contributed by atoms with Gasteiger partial charge in [-0.25, -0.2) is 4.98 Å². The van der Waals surface area contributed by atoms with E-state index in [0.717, 1.165) is 10.5 Å². The van der Waals surface area contributed by atoms with Crippen LogP contribution in [0.1, 0.15) is 5.01 Å². The van der Waals surface area contributed by atoms with Gasteiger partial charge >= 0.3 is 0 Å². The number of aromatic nitrogens is 1. The summed E-state index contributed by atoms with van der Waals surface area (Å²) in [6.45, 7) is 0.536. The number of nitrogens with two attached hydrogens (primary N) is 1. The third kappa shape index (κ3) is 1.70. The van der Waals surface area contributed by atoms with Crippen LogP contribution in [0.2, 0.25) is 0 Å². The fourth-order valence-electron chi connectivity index (χ4n) is 1.17. The van der Waals surface area contributed by atoms with Gasteiger partial charge in [0.1, 0.15) is 5.01 Å². The second-order valence-electron chi connectivity index (χ2n) is 2.65. The molecule has 1 heterocycles. The van der Waals surface area contributed by atoms with Crippen LogP contribution in [-0.2, 0) is 6.54 Å². The van der Waals surface area contributed by atoms with Crippen LogP contribution >= 0.6 is 23.1 Å². The van der Waals surface area contributed by atoms with Crippen molar-refractivity contribution in [2.45, 2.75) is 11.4 Å². The summed E-state index contributed by atoms with van der Waals surface area (Å²) >= 11 is 3.43. The molecule has 0 atom stereocenters. The third-order valence-corrected chi connectivity index (χ3v) is 3.58. The van der Waals surface area contributed by atoms with Crippen molar-refractivity contribution in [1.29, 1.82) is 0 Å². The highest BCUT2D eigenvalue weighted by Gasteiger charge is 2.02. The molecule has 4 heteroatoms. The van der Waals surface area contributed by atoms with Crippen molar-refractivity contribution >= 4 is 33.3 Å². The Balaban J connectivity index is 2.57. The molecule has 0 bridgehead atoms.